The van der Waals surface area contributed by atoms with Gasteiger partial charge in [0.1, 0.15) is 5.82 Å². The fraction of sp³-hybridized carbons (Fsp3) is 0.583. The lowest BCUT2D eigenvalue weighted by atomic mass is 10.3. The predicted octanol–water partition coefficient (Wildman–Crippen LogP) is 2.42. The Morgan fingerprint density at radius 3 is 2.65 bits per heavy atom. The minimum atomic E-state index is -4.52. The zero-order chi connectivity index (χ0) is 14.8. The van der Waals surface area contributed by atoms with Crippen LogP contribution in [-0.4, -0.2) is 29.6 Å². The first-order chi connectivity index (χ1) is 9.45. The summed E-state index contributed by atoms with van der Waals surface area (Å²) in [4.78, 5) is 9.25. The fourth-order valence-electron chi connectivity index (χ4n) is 1.88. The number of alkyl halides is 3. The van der Waals surface area contributed by atoms with Crippen molar-refractivity contribution in [3.05, 3.63) is 11.8 Å². The summed E-state index contributed by atoms with van der Waals surface area (Å²) in [7, 11) is 1.47. The molecule has 1 aromatic rings. The highest BCUT2D eigenvalue weighted by Gasteiger charge is 2.36. The molecule has 2 rings (SSSR count). The molecule has 5 nitrogen and oxygen atoms in total. The summed E-state index contributed by atoms with van der Waals surface area (Å²) in [6.07, 6.45) is -2.46. The van der Waals surface area contributed by atoms with E-state index in [1.54, 1.807) is 4.90 Å². The van der Waals surface area contributed by atoms with E-state index in [4.69, 9.17) is 5.26 Å². The molecule has 0 bridgehead atoms. The van der Waals surface area contributed by atoms with Gasteiger partial charge in [-0.15, -0.1) is 0 Å². The average Bonchev–Trinajstić information content (AvgIpc) is 3.22. The molecule has 1 fully saturated rings. The molecule has 0 radical (unpaired) electrons. The first-order valence-corrected chi connectivity index (χ1v) is 6.23. The highest BCUT2D eigenvalue weighted by atomic mass is 19.4. The second kappa shape index (κ2) is 5.53. The van der Waals surface area contributed by atoms with Gasteiger partial charge < -0.3 is 10.2 Å². The van der Waals surface area contributed by atoms with Gasteiger partial charge >= 0.3 is 6.18 Å². The second-order valence-corrected chi connectivity index (χ2v) is 4.52. The summed E-state index contributed by atoms with van der Waals surface area (Å²) < 4.78 is 38.5. The quantitative estimate of drug-likeness (QED) is 0.900. The van der Waals surface area contributed by atoms with Gasteiger partial charge in [-0.2, -0.15) is 23.4 Å². The Hall–Kier alpha value is -2.04. The van der Waals surface area contributed by atoms with Crippen molar-refractivity contribution in [2.45, 2.75) is 31.5 Å². The topological polar surface area (TPSA) is 64.8 Å². The van der Waals surface area contributed by atoms with Gasteiger partial charge in [-0.3, -0.25) is 0 Å². The first-order valence-electron chi connectivity index (χ1n) is 6.23. The van der Waals surface area contributed by atoms with Gasteiger partial charge in [-0.25, -0.2) is 4.98 Å². The average molecular weight is 285 g/mol. The molecule has 1 aliphatic rings. The molecule has 1 aromatic heterocycles. The standard InChI is InChI=1S/C12H14F3N5/c1-17-11-18-9(12(13,14)15)7-10(19-11)20(6-2-5-16)8-3-4-8/h7-8H,2-4,6H2,1H3,(H,17,18,19). The third-order valence-corrected chi connectivity index (χ3v) is 2.97. The summed E-state index contributed by atoms with van der Waals surface area (Å²) in [5.74, 6) is 0.145. The fourth-order valence-corrected chi connectivity index (χ4v) is 1.88. The number of anilines is 2. The number of nitrogens with zero attached hydrogens (tertiary/aromatic N) is 4. The van der Waals surface area contributed by atoms with Gasteiger partial charge in [-0.05, 0) is 12.8 Å². The Morgan fingerprint density at radius 2 is 2.15 bits per heavy atom. The van der Waals surface area contributed by atoms with E-state index < -0.39 is 11.9 Å². The predicted molar refractivity (Wildman–Crippen MR) is 67.2 cm³/mol. The van der Waals surface area contributed by atoms with Gasteiger partial charge in [0.25, 0.3) is 0 Å². The molecule has 1 saturated carbocycles. The lowest BCUT2D eigenvalue weighted by Gasteiger charge is -2.23. The normalized spacial score (nSPS) is 14.8. The van der Waals surface area contributed by atoms with Crippen molar-refractivity contribution in [2.75, 3.05) is 23.8 Å². The van der Waals surface area contributed by atoms with Gasteiger partial charge in [0.2, 0.25) is 5.95 Å². The number of halogens is 3. The van der Waals surface area contributed by atoms with Crippen LogP contribution in [0.2, 0.25) is 0 Å². The molecule has 1 heterocycles. The maximum atomic E-state index is 12.8. The van der Waals surface area contributed by atoms with Crippen molar-refractivity contribution >= 4 is 11.8 Å². The molecule has 0 amide bonds. The monoisotopic (exact) mass is 285 g/mol. The molecule has 0 aromatic carbocycles. The minimum absolute atomic E-state index is 0.0718. The molecule has 108 valence electrons. The maximum Gasteiger partial charge on any atom is 0.433 e. The number of rotatable bonds is 5. The SMILES string of the molecule is CNc1nc(N(CCC#N)C2CC2)cc(C(F)(F)F)n1. The molecule has 1 aliphatic carbocycles. The summed E-state index contributed by atoms with van der Waals surface area (Å²) in [6, 6.07) is 3.11. The van der Waals surface area contributed by atoms with Crippen LogP contribution in [-0.2, 0) is 6.18 Å². The molecule has 8 heteroatoms. The van der Waals surface area contributed by atoms with Gasteiger partial charge in [-0.1, -0.05) is 0 Å². The van der Waals surface area contributed by atoms with E-state index in [1.165, 1.54) is 7.05 Å². The molecule has 0 atom stereocenters. The van der Waals surface area contributed by atoms with Crippen molar-refractivity contribution in [2.24, 2.45) is 0 Å². The van der Waals surface area contributed by atoms with E-state index in [9.17, 15) is 13.2 Å². The van der Waals surface area contributed by atoms with Crippen molar-refractivity contribution in [1.29, 1.82) is 5.26 Å². The van der Waals surface area contributed by atoms with E-state index in [2.05, 4.69) is 15.3 Å². The van der Waals surface area contributed by atoms with Crippen LogP contribution in [0.1, 0.15) is 25.0 Å². The second-order valence-electron chi connectivity index (χ2n) is 4.52. The van der Waals surface area contributed by atoms with E-state index in [-0.39, 0.29) is 24.2 Å². The molecule has 0 unspecified atom stereocenters. The molecule has 20 heavy (non-hydrogen) atoms. The van der Waals surface area contributed by atoms with Crippen LogP contribution in [0.15, 0.2) is 6.07 Å². The van der Waals surface area contributed by atoms with Gasteiger partial charge in [0.15, 0.2) is 5.69 Å². The first kappa shape index (κ1) is 14.4. The molecule has 0 aliphatic heterocycles. The van der Waals surface area contributed by atoms with Crippen LogP contribution in [0.5, 0.6) is 0 Å². The van der Waals surface area contributed by atoms with Crippen molar-refractivity contribution in [3.8, 4) is 6.07 Å². The lowest BCUT2D eigenvalue weighted by molar-refractivity contribution is -0.141. The van der Waals surface area contributed by atoms with Crippen LogP contribution >= 0.6 is 0 Å². The van der Waals surface area contributed by atoms with E-state index >= 15 is 0 Å². The smallest absolute Gasteiger partial charge is 0.357 e. The van der Waals surface area contributed by atoms with Crippen LogP contribution in [0.3, 0.4) is 0 Å². The number of hydrogen-bond donors (Lipinski definition) is 1. The van der Waals surface area contributed by atoms with Crippen LogP contribution in [0.4, 0.5) is 24.9 Å². The highest BCUT2D eigenvalue weighted by Crippen LogP contribution is 2.34. The van der Waals surface area contributed by atoms with Crippen molar-refractivity contribution in [3.63, 3.8) is 0 Å². The summed E-state index contributed by atoms with van der Waals surface area (Å²) in [6.45, 7) is 0.374. The number of nitrogens with one attached hydrogen (secondary N) is 1. The number of hydrogen-bond acceptors (Lipinski definition) is 5. The number of nitriles is 1. The zero-order valence-corrected chi connectivity index (χ0v) is 10.9. The minimum Gasteiger partial charge on any atom is -0.357 e. The third-order valence-electron chi connectivity index (χ3n) is 2.97. The van der Waals surface area contributed by atoms with Crippen LogP contribution < -0.4 is 10.2 Å². The molecule has 0 spiro atoms. The third kappa shape index (κ3) is 3.29. The van der Waals surface area contributed by atoms with E-state index in [0.717, 1.165) is 18.9 Å². The van der Waals surface area contributed by atoms with Gasteiger partial charge in [0, 0.05) is 25.7 Å². The Kier molecular flexibility index (Phi) is 3.97. The largest absolute Gasteiger partial charge is 0.433 e. The van der Waals surface area contributed by atoms with Crippen LogP contribution in [0, 0.1) is 11.3 Å². The van der Waals surface area contributed by atoms with Gasteiger partial charge in [0.05, 0.1) is 12.5 Å². The van der Waals surface area contributed by atoms with E-state index in [1.807, 2.05) is 6.07 Å². The maximum absolute atomic E-state index is 12.8. The summed E-state index contributed by atoms with van der Waals surface area (Å²) in [5, 5.41) is 11.2. The summed E-state index contributed by atoms with van der Waals surface area (Å²) in [5.41, 5.74) is -0.977. The molecular weight excluding hydrogens is 271 g/mol. The zero-order valence-electron chi connectivity index (χ0n) is 10.9. The Morgan fingerprint density at radius 1 is 1.45 bits per heavy atom. The Labute approximate surface area is 114 Å². The van der Waals surface area contributed by atoms with Crippen molar-refractivity contribution < 1.29 is 13.2 Å². The molecule has 0 saturated heterocycles. The van der Waals surface area contributed by atoms with Crippen molar-refractivity contribution in [1.82, 2.24) is 9.97 Å². The number of aromatic nitrogens is 2. The lowest BCUT2D eigenvalue weighted by Crippen LogP contribution is -2.28. The Balaban J connectivity index is 2.35. The summed E-state index contributed by atoms with van der Waals surface area (Å²) >= 11 is 0. The highest BCUT2D eigenvalue weighted by molar-refractivity contribution is 5.47. The Bertz CT molecular complexity index is 519. The molecular formula is C12H14F3N5. The van der Waals surface area contributed by atoms with E-state index in [0.29, 0.717) is 6.54 Å². The van der Waals surface area contributed by atoms with Crippen LogP contribution in [0.25, 0.3) is 0 Å². The molecule has 1 N–H and O–H groups in total.